The van der Waals surface area contributed by atoms with Crippen LogP contribution in [0.25, 0.3) is 0 Å². The molecular weight excluding hydrogens is 610 g/mol. The minimum Gasteiger partial charge on any atom is -0.465 e. The smallest absolute Gasteiger partial charge is 0.310 e. The molecule has 4 rings (SSSR count). The Bertz CT molecular complexity index is 949. The fourth-order valence-electron chi connectivity index (χ4n) is 6.87. The Kier molecular flexibility index (Phi) is 12.2. The number of ether oxygens (including phenoxy) is 2. The van der Waals surface area contributed by atoms with Crippen molar-refractivity contribution in [2.75, 3.05) is 65.7 Å². The second kappa shape index (κ2) is 15.4. The number of alkyl halides is 1. The highest BCUT2D eigenvalue weighted by atomic mass is 79.9. The van der Waals surface area contributed by atoms with Crippen LogP contribution in [0, 0.1) is 11.8 Å². The molecule has 2 amide bonds. The largest absolute Gasteiger partial charge is 0.465 e. The summed E-state index contributed by atoms with van der Waals surface area (Å²) in [5, 5.41) is 9.07. The first-order valence-electron chi connectivity index (χ1n) is 15.1. The summed E-state index contributed by atoms with van der Waals surface area (Å²) in [7, 11) is 0. The number of unbranched alkanes of at least 4 members (excludes halogenated alkanes) is 4. The monoisotopic (exact) mass is 655 g/mol. The number of allylic oxidation sites excluding steroid dienone is 1. The number of nitrogens with zero attached hydrogens (tertiary/aromatic N) is 3. The minimum absolute atomic E-state index is 0.0169. The van der Waals surface area contributed by atoms with Crippen LogP contribution in [0.2, 0.25) is 0 Å². The van der Waals surface area contributed by atoms with Crippen LogP contribution in [0.1, 0.15) is 44.9 Å². The SMILES string of the molecule is C=CCCCOC(=O)[C@H]1[C@@H]2SC3(CC2Br)C(C(=O)N(CC=C)CCN2CCOCC2)N(CCCCCCO)C(=O)[C@H]13. The molecule has 4 aliphatic rings. The van der Waals surface area contributed by atoms with Gasteiger partial charge in [0.15, 0.2) is 0 Å². The van der Waals surface area contributed by atoms with E-state index in [1.54, 1.807) is 28.8 Å². The molecule has 4 aliphatic heterocycles. The Balaban J connectivity index is 1.58. The van der Waals surface area contributed by atoms with Gasteiger partial charge in [-0.15, -0.1) is 24.9 Å². The summed E-state index contributed by atoms with van der Waals surface area (Å²) in [5.41, 5.74) is 0. The second-order valence-electron chi connectivity index (χ2n) is 11.5. The fourth-order valence-corrected chi connectivity index (χ4v) is 10.5. The third-order valence-electron chi connectivity index (χ3n) is 8.85. The molecule has 0 radical (unpaired) electrons. The molecule has 41 heavy (non-hydrogen) atoms. The van der Waals surface area contributed by atoms with Crippen LogP contribution in [0.3, 0.4) is 0 Å². The predicted octanol–water partition coefficient (Wildman–Crippen LogP) is 2.86. The molecule has 11 heteroatoms. The van der Waals surface area contributed by atoms with Crippen LogP contribution >= 0.6 is 27.7 Å². The van der Waals surface area contributed by atoms with Gasteiger partial charge in [-0.2, -0.15) is 0 Å². The van der Waals surface area contributed by atoms with E-state index in [1.807, 2.05) is 4.90 Å². The Hall–Kier alpha value is -1.40. The first-order valence-corrected chi connectivity index (χ1v) is 16.9. The molecule has 1 spiro atoms. The number of amides is 2. The maximum absolute atomic E-state index is 14.5. The topological polar surface area (TPSA) is 99.6 Å². The molecule has 6 atom stereocenters. The van der Waals surface area contributed by atoms with Crippen LogP contribution in [0.5, 0.6) is 0 Å². The number of hydrogen-bond donors (Lipinski definition) is 1. The van der Waals surface area contributed by atoms with E-state index in [-0.39, 0.29) is 34.5 Å². The normalized spacial score (nSPS) is 30.8. The molecule has 4 saturated heterocycles. The maximum atomic E-state index is 14.5. The van der Waals surface area contributed by atoms with E-state index in [0.717, 1.165) is 51.7 Å². The fraction of sp³-hybridized carbons (Fsp3) is 0.767. The maximum Gasteiger partial charge on any atom is 0.310 e. The lowest BCUT2D eigenvalue weighted by molar-refractivity contribution is -0.154. The zero-order valence-corrected chi connectivity index (χ0v) is 26.5. The van der Waals surface area contributed by atoms with Crippen LogP contribution < -0.4 is 0 Å². The number of aliphatic hydroxyl groups is 1. The third kappa shape index (κ3) is 7.06. The van der Waals surface area contributed by atoms with Gasteiger partial charge in [0.2, 0.25) is 11.8 Å². The average Bonchev–Trinajstić information content (AvgIpc) is 3.56. The van der Waals surface area contributed by atoms with Crippen LogP contribution in [0.4, 0.5) is 0 Å². The summed E-state index contributed by atoms with van der Waals surface area (Å²) in [6.07, 6.45) is 8.86. The molecule has 4 fully saturated rings. The minimum atomic E-state index is -0.679. The number of carbonyl (C=O) groups is 3. The number of hydrogen-bond acceptors (Lipinski definition) is 8. The summed E-state index contributed by atoms with van der Waals surface area (Å²) in [6.45, 7) is 13.3. The average molecular weight is 657 g/mol. The van der Waals surface area contributed by atoms with E-state index in [0.29, 0.717) is 52.3 Å². The van der Waals surface area contributed by atoms with Gasteiger partial charge in [-0.05, 0) is 32.1 Å². The molecule has 0 saturated carbocycles. The van der Waals surface area contributed by atoms with Crippen molar-refractivity contribution in [2.45, 2.75) is 65.8 Å². The number of esters is 1. The highest BCUT2D eigenvalue weighted by Gasteiger charge is 2.76. The van der Waals surface area contributed by atoms with E-state index in [1.165, 1.54) is 0 Å². The highest BCUT2D eigenvalue weighted by Crippen LogP contribution is 2.68. The van der Waals surface area contributed by atoms with E-state index in [9.17, 15) is 19.5 Å². The second-order valence-corrected chi connectivity index (χ2v) is 14.2. The summed E-state index contributed by atoms with van der Waals surface area (Å²) in [6, 6.07) is -0.643. The number of aliphatic hydroxyl groups excluding tert-OH is 1. The number of fused-ring (bicyclic) bond motifs is 1. The molecule has 0 aliphatic carbocycles. The van der Waals surface area contributed by atoms with Gasteiger partial charge in [-0.25, -0.2) is 0 Å². The van der Waals surface area contributed by atoms with Crippen molar-refractivity contribution in [1.29, 1.82) is 0 Å². The highest BCUT2D eigenvalue weighted by molar-refractivity contribution is 9.09. The van der Waals surface area contributed by atoms with Gasteiger partial charge in [-0.1, -0.05) is 40.9 Å². The first-order chi connectivity index (χ1) is 19.9. The first kappa shape index (κ1) is 32.5. The zero-order chi connectivity index (χ0) is 29.4. The van der Waals surface area contributed by atoms with Crippen LogP contribution in [-0.2, 0) is 23.9 Å². The van der Waals surface area contributed by atoms with Crippen molar-refractivity contribution in [3.8, 4) is 0 Å². The molecule has 0 aromatic rings. The summed E-state index contributed by atoms with van der Waals surface area (Å²) < 4.78 is 10.5. The van der Waals surface area contributed by atoms with Gasteiger partial charge >= 0.3 is 5.97 Å². The lowest BCUT2D eigenvalue weighted by Gasteiger charge is -2.38. The van der Waals surface area contributed by atoms with Gasteiger partial charge < -0.3 is 24.4 Å². The van der Waals surface area contributed by atoms with Gasteiger partial charge in [0.1, 0.15) is 6.04 Å². The predicted molar refractivity (Wildman–Crippen MR) is 164 cm³/mol. The Labute approximate surface area is 257 Å². The van der Waals surface area contributed by atoms with E-state index in [2.05, 4.69) is 34.0 Å². The molecule has 230 valence electrons. The van der Waals surface area contributed by atoms with Gasteiger partial charge in [-0.3, -0.25) is 19.3 Å². The van der Waals surface area contributed by atoms with E-state index in [4.69, 9.17) is 9.47 Å². The Morgan fingerprint density at radius 1 is 1.15 bits per heavy atom. The van der Waals surface area contributed by atoms with Crippen LogP contribution in [-0.4, -0.2) is 124 Å². The molecule has 0 aromatic heterocycles. The number of likely N-dealkylation sites (tertiary alicyclic amines) is 1. The summed E-state index contributed by atoms with van der Waals surface area (Å²) in [5.74, 6) is -1.64. The molecule has 0 aromatic carbocycles. The van der Waals surface area contributed by atoms with Crippen molar-refractivity contribution in [3.05, 3.63) is 25.3 Å². The van der Waals surface area contributed by atoms with Gasteiger partial charge in [0.25, 0.3) is 0 Å². The molecule has 4 heterocycles. The number of halogens is 1. The van der Waals surface area contributed by atoms with Gasteiger partial charge in [0, 0.05) is 56.0 Å². The van der Waals surface area contributed by atoms with E-state index < -0.39 is 22.6 Å². The summed E-state index contributed by atoms with van der Waals surface area (Å²) >= 11 is 5.47. The van der Waals surface area contributed by atoms with Crippen molar-refractivity contribution in [3.63, 3.8) is 0 Å². The molecular formula is C30H46BrN3O6S. The van der Waals surface area contributed by atoms with E-state index >= 15 is 0 Å². The number of thioether (sulfide) groups is 1. The van der Waals surface area contributed by atoms with Crippen LogP contribution in [0.15, 0.2) is 25.3 Å². The Morgan fingerprint density at radius 2 is 1.90 bits per heavy atom. The third-order valence-corrected chi connectivity index (χ3v) is 12.1. The number of rotatable bonds is 17. The van der Waals surface area contributed by atoms with Crippen molar-refractivity contribution in [2.24, 2.45) is 11.8 Å². The zero-order valence-electron chi connectivity index (χ0n) is 24.1. The number of morpholine rings is 1. The van der Waals surface area contributed by atoms with Gasteiger partial charge in [0.05, 0.1) is 36.4 Å². The Morgan fingerprint density at radius 3 is 2.61 bits per heavy atom. The van der Waals surface area contributed by atoms with Crippen molar-refractivity contribution < 1.29 is 29.0 Å². The quantitative estimate of drug-likeness (QED) is 0.111. The van der Waals surface area contributed by atoms with Crippen molar-refractivity contribution in [1.82, 2.24) is 14.7 Å². The molecule has 2 bridgehead atoms. The lowest BCUT2D eigenvalue weighted by Crippen LogP contribution is -2.56. The standard InChI is InChI=1S/C30H46BrN3O6S/c1-3-5-10-18-40-29(38)23-24-27(36)34(12-8-6-7-9-17-35)26(30(24)21-22(31)25(23)41-30)28(37)33(11-4-2)14-13-32-15-19-39-20-16-32/h3-4,22-26,35H,1-2,5-21H2/t22?,23-,24+,25-,26?,30?/m1/s1. The number of carbonyl (C=O) groups excluding carboxylic acids is 3. The summed E-state index contributed by atoms with van der Waals surface area (Å²) in [4.78, 5) is 48.1. The molecule has 1 N–H and O–H groups in total. The molecule has 3 unspecified atom stereocenters. The van der Waals surface area contributed by atoms with Crippen molar-refractivity contribution >= 4 is 45.5 Å². The lowest BCUT2D eigenvalue weighted by atomic mass is 9.71. The molecule has 9 nitrogen and oxygen atoms in total.